The molecule has 0 aliphatic carbocycles. The van der Waals surface area contributed by atoms with Crippen LogP contribution in [0.15, 0.2) is 12.7 Å². The van der Waals surface area contributed by atoms with Crippen molar-refractivity contribution in [2.45, 2.75) is 90.3 Å². The number of nitrogens with zero attached hydrogens (tertiary/aromatic N) is 1. The van der Waals surface area contributed by atoms with Crippen LogP contribution < -0.4 is 0 Å². The molecule has 11 heteroatoms. The van der Waals surface area contributed by atoms with E-state index in [1.807, 2.05) is 0 Å². The Balaban J connectivity index is 3.54. The summed E-state index contributed by atoms with van der Waals surface area (Å²) in [5, 5.41) is -0.0404. The van der Waals surface area contributed by atoms with E-state index >= 15 is 0 Å². The Morgan fingerprint density at radius 2 is 1.74 bits per heavy atom. The fourth-order valence-corrected chi connectivity index (χ4v) is 5.61. The zero-order chi connectivity index (χ0) is 26.8. The predicted molar refractivity (Wildman–Crippen MR) is 133 cm³/mol. The Hall–Kier alpha value is -1.43. The van der Waals surface area contributed by atoms with Gasteiger partial charge in [0.1, 0.15) is 17.7 Å². The first-order chi connectivity index (χ1) is 15.2. The molecule has 1 rings (SSSR count). The van der Waals surface area contributed by atoms with Gasteiger partial charge in [-0.25, -0.2) is 9.59 Å². The van der Waals surface area contributed by atoms with Crippen LogP contribution in [0.2, 0.25) is 18.1 Å². The van der Waals surface area contributed by atoms with Gasteiger partial charge in [0.2, 0.25) is 0 Å². The second kappa shape index (κ2) is 10.7. The van der Waals surface area contributed by atoms with Crippen molar-refractivity contribution in [2.75, 3.05) is 26.5 Å². The molecule has 1 fully saturated rings. The van der Waals surface area contributed by atoms with E-state index in [1.54, 1.807) is 26.8 Å². The summed E-state index contributed by atoms with van der Waals surface area (Å²) in [6.07, 6.45) is 1.24. The van der Waals surface area contributed by atoms with Gasteiger partial charge in [0, 0.05) is 12.0 Å². The number of hydrogen-bond acceptors (Lipinski definition) is 8. The molecule has 0 aromatic carbocycles. The predicted octanol–water partition coefficient (Wildman–Crippen LogP) is 4.10. The molecule has 0 saturated carbocycles. The van der Waals surface area contributed by atoms with E-state index in [0.717, 1.165) is 6.26 Å². The van der Waals surface area contributed by atoms with E-state index in [2.05, 4.69) is 40.4 Å². The summed E-state index contributed by atoms with van der Waals surface area (Å²) in [7, 11) is -4.82. The SMILES string of the molecule is C=CC[C@]1(CCO[Si](C)(C)C(C)(C)C)[C@H](OS(C)(=O)=O)CN(C(=O)OC(C)(C)C)[C@@H]1C(=O)OC. The average molecular weight is 522 g/mol. The molecule has 0 N–H and O–H groups in total. The number of esters is 1. The molecule has 0 aromatic rings. The number of carbonyl (C=O) groups is 2. The zero-order valence-electron chi connectivity index (χ0n) is 22.4. The van der Waals surface area contributed by atoms with E-state index in [0.29, 0.717) is 0 Å². The van der Waals surface area contributed by atoms with Crippen molar-refractivity contribution < 1.29 is 36.1 Å². The van der Waals surface area contributed by atoms with Crippen molar-refractivity contribution in [3.8, 4) is 0 Å². The summed E-state index contributed by atoms with van der Waals surface area (Å²) in [5.74, 6) is -0.681. The fourth-order valence-electron chi connectivity index (χ4n) is 3.89. The smallest absolute Gasteiger partial charge is 0.411 e. The summed E-state index contributed by atoms with van der Waals surface area (Å²) >= 11 is 0. The largest absolute Gasteiger partial charge is 0.467 e. The minimum absolute atomic E-state index is 0.0404. The van der Waals surface area contributed by atoms with Crippen LogP contribution in [-0.2, 0) is 33.0 Å². The molecule has 0 spiro atoms. The van der Waals surface area contributed by atoms with Crippen molar-refractivity contribution in [1.29, 1.82) is 0 Å². The van der Waals surface area contributed by atoms with Gasteiger partial charge >= 0.3 is 12.1 Å². The first-order valence-electron chi connectivity index (χ1n) is 11.4. The topological polar surface area (TPSA) is 108 Å². The maximum absolute atomic E-state index is 13.1. The standard InChI is InChI=1S/C23H43NO8SSi/c1-12-13-23(14-15-30-34(10,11)22(5,6)7)17(32-33(9,27)28)16-24(18(23)19(25)29-8)20(26)31-21(2,3)4/h12,17-18H,1,13-16H2,2-11H3/t17-,18-,23+/m1/s1. The number of rotatable bonds is 9. The summed E-state index contributed by atoms with van der Waals surface area (Å²) in [5.41, 5.74) is -1.96. The van der Waals surface area contributed by atoms with Crippen molar-refractivity contribution in [3.05, 3.63) is 12.7 Å². The maximum atomic E-state index is 13.1. The molecule has 0 radical (unpaired) electrons. The Labute approximate surface area is 206 Å². The van der Waals surface area contributed by atoms with Gasteiger partial charge in [0.05, 0.1) is 19.9 Å². The van der Waals surface area contributed by atoms with E-state index in [-0.39, 0.29) is 31.0 Å². The van der Waals surface area contributed by atoms with E-state index in [9.17, 15) is 18.0 Å². The molecule has 198 valence electrons. The van der Waals surface area contributed by atoms with Crippen LogP contribution in [0.3, 0.4) is 0 Å². The maximum Gasteiger partial charge on any atom is 0.411 e. The summed E-state index contributed by atoms with van der Waals surface area (Å²) in [4.78, 5) is 27.4. The number of ether oxygens (including phenoxy) is 2. The lowest BCUT2D eigenvalue weighted by atomic mass is 9.73. The molecule has 3 atom stereocenters. The first-order valence-corrected chi connectivity index (χ1v) is 16.1. The molecule has 34 heavy (non-hydrogen) atoms. The molecule has 0 aromatic heterocycles. The quantitative estimate of drug-likeness (QED) is 0.193. The minimum Gasteiger partial charge on any atom is -0.467 e. The van der Waals surface area contributed by atoms with Crippen LogP contribution in [0.25, 0.3) is 0 Å². The zero-order valence-corrected chi connectivity index (χ0v) is 24.2. The second-order valence-corrected chi connectivity index (χ2v) is 17.8. The molecule has 1 saturated heterocycles. The van der Waals surface area contributed by atoms with Crippen LogP contribution in [0, 0.1) is 5.41 Å². The number of carbonyl (C=O) groups excluding carboxylic acids is 2. The summed E-state index contributed by atoms with van der Waals surface area (Å²) < 4.78 is 46.8. The van der Waals surface area contributed by atoms with Crippen molar-refractivity contribution in [2.24, 2.45) is 5.41 Å². The van der Waals surface area contributed by atoms with Crippen molar-refractivity contribution >= 4 is 30.5 Å². The second-order valence-electron chi connectivity index (χ2n) is 11.4. The van der Waals surface area contributed by atoms with Crippen LogP contribution in [0.4, 0.5) is 4.79 Å². The first kappa shape index (κ1) is 30.6. The Bertz CT molecular complexity index is 859. The number of allylic oxidation sites excluding steroid dienone is 1. The Kier molecular flexibility index (Phi) is 9.61. The monoisotopic (exact) mass is 521 g/mol. The number of hydrogen-bond donors (Lipinski definition) is 0. The molecule has 0 bridgehead atoms. The van der Waals surface area contributed by atoms with Gasteiger partial charge in [-0.05, 0) is 51.7 Å². The molecule has 1 aliphatic heterocycles. The highest BCUT2D eigenvalue weighted by Crippen LogP contribution is 2.47. The Morgan fingerprint density at radius 1 is 1.18 bits per heavy atom. The average Bonchev–Trinajstić information content (AvgIpc) is 2.91. The molecule has 9 nitrogen and oxygen atoms in total. The lowest BCUT2D eigenvalue weighted by Gasteiger charge is -2.40. The van der Waals surface area contributed by atoms with E-state index in [4.69, 9.17) is 18.1 Å². The lowest BCUT2D eigenvalue weighted by molar-refractivity contribution is -0.150. The van der Waals surface area contributed by atoms with Crippen LogP contribution in [0.5, 0.6) is 0 Å². The van der Waals surface area contributed by atoms with Crippen molar-refractivity contribution in [3.63, 3.8) is 0 Å². The molecule has 0 unspecified atom stereocenters. The van der Waals surface area contributed by atoms with Gasteiger partial charge < -0.3 is 13.9 Å². The third kappa shape index (κ3) is 7.53. The van der Waals surface area contributed by atoms with Gasteiger partial charge in [0.15, 0.2) is 8.32 Å². The van der Waals surface area contributed by atoms with Gasteiger partial charge in [0.25, 0.3) is 10.1 Å². The summed E-state index contributed by atoms with van der Waals surface area (Å²) in [6, 6.07) is -1.14. The van der Waals surface area contributed by atoms with Crippen molar-refractivity contribution in [1.82, 2.24) is 4.90 Å². The fraction of sp³-hybridized carbons (Fsp3) is 0.826. The third-order valence-electron chi connectivity index (χ3n) is 6.56. The highest BCUT2D eigenvalue weighted by molar-refractivity contribution is 7.86. The third-order valence-corrected chi connectivity index (χ3v) is 11.7. The van der Waals surface area contributed by atoms with E-state index < -0.39 is 53.7 Å². The normalized spacial score (nSPS) is 24.1. The Morgan fingerprint density at radius 3 is 2.15 bits per heavy atom. The van der Waals surface area contributed by atoms with Gasteiger partial charge in [-0.1, -0.05) is 26.8 Å². The van der Waals surface area contributed by atoms with Crippen LogP contribution in [0.1, 0.15) is 54.4 Å². The van der Waals surface area contributed by atoms with Gasteiger partial charge in [-0.3, -0.25) is 9.08 Å². The van der Waals surface area contributed by atoms with Crippen LogP contribution >= 0.6 is 0 Å². The summed E-state index contributed by atoms with van der Waals surface area (Å²) in [6.45, 7) is 19.6. The van der Waals surface area contributed by atoms with Gasteiger partial charge in [-0.2, -0.15) is 8.42 Å². The lowest BCUT2D eigenvalue weighted by Crippen LogP contribution is -2.52. The van der Waals surface area contributed by atoms with Crippen LogP contribution in [-0.4, -0.2) is 78.0 Å². The highest BCUT2D eigenvalue weighted by Gasteiger charge is 2.61. The number of methoxy groups -OCH3 is 1. The molecular weight excluding hydrogens is 478 g/mol. The number of likely N-dealkylation sites (tertiary alicyclic amines) is 1. The van der Waals surface area contributed by atoms with E-state index in [1.165, 1.54) is 12.0 Å². The molecule has 1 amide bonds. The number of amides is 1. The highest BCUT2D eigenvalue weighted by atomic mass is 32.2. The minimum atomic E-state index is -3.91. The molecular formula is C23H43NO8SSi. The van der Waals surface area contributed by atoms with Gasteiger partial charge in [-0.15, -0.1) is 6.58 Å². The molecule has 1 aliphatic rings. The molecule has 1 heterocycles.